The molecule has 1 heterocycles. The molecule has 0 spiro atoms. The monoisotopic (exact) mass is 291 g/mol. The Balaban J connectivity index is 2.32. The van der Waals surface area contributed by atoms with Crippen molar-refractivity contribution in [3.63, 3.8) is 0 Å². The number of benzene rings is 1. The van der Waals surface area contributed by atoms with Gasteiger partial charge in [-0.1, -0.05) is 28.1 Å². The topological polar surface area (TPSA) is 47.2 Å². The van der Waals surface area contributed by atoms with Crippen molar-refractivity contribution in [2.75, 3.05) is 0 Å². The van der Waals surface area contributed by atoms with E-state index in [0.29, 0.717) is 12.1 Å². The second-order valence-corrected chi connectivity index (χ2v) is 4.52. The van der Waals surface area contributed by atoms with Crippen LogP contribution in [-0.2, 0) is 18.3 Å². The molecule has 0 atom stereocenters. The van der Waals surface area contributed by atoms with Gasteiger partial charge in [0.15, 0.2) is 0 Å². The highest BCUT2D eigenvalue weighted by Crippen LogP contribution is 2.21. The summed E-state index contributed by atoms with van der Waals surface area (Å²) in [6, 6.07) is 8.00. The molecule has 0 aliphatic heterocycles. The summed E-state index contributed by atoms with van der Waals surface area (Å²) in [5, 5.41) is 4.08. The number of carbonyl (C=O) groups excluding carboxylic acids is 1. The highest BCUT2D eigenvalue weighted by molar-refractivity contribution is 9.10. The maximum Gasteiger partial charge on any atom is 0.240 e. The minimum Gasteiger partial charge on any atom is -0.270 e. The average molecular weight is 292 g/mol. The Morgan fingerprint density at radius 1 is 1.41 bits per heavy atom. The van der Waals surface area contributed by atoms with Crippen LogP contribution in [0, 0.1) is 0 Å². The number of halogens is 1. The summed E-state index contributed by atoms with van der Waals surface area (Å²) in [7, 11) is 1.83. The van der Waals surface area contributed by atoms with E-state index in [1.807, 2.05) is 31.3 Å². The van der Waals surface area contributed by atoms with Crippen LogP contribution in [0.5, 0.6) is 0 Å². The molecular formula is C12H10BrN3O. The third kappa shape index (κ3) is 2.70. The van der Waals surface area contributed by atoms with E-state index in [1.54, 1.807) is 17.0 Å². The summed E-state index contributed by atoms with van der Waals surface area (Å²) in [5.41, 5.74) is 2.61. The molecule has 1 aromatic carbocycles. The summed E-state index contributed by atoms with van der Waals surface area (Å²) in [6.07, 6.45) is 3.80. The van der Waals surface area contributed by atoms with Gasteiger partial charge >= 0.3 is 0 Å². The highest BCUT2D eigenvalue weighted by Gasteiger charge is 2.08. The van der Waals surface area contributed by atoms with Gasteiger partial charge in [0, 0.05) is 17.9 Å². The maximum atomic E-state index is 10.3. The zero-order chi connectivity index (χ0) is 12.3. The summed E-state index contributed by atoms with van der Waals surface area (Å²) < 4.78 is 2.76. The molecule has 0 aliphatic rings. The van der Waals surface area contributed by atoms with E-state index in [4.69, 9.17) is 0 Å². The van der Waals surface area contributed by atoms with Crippen LogP contribution < -0.4 is 0 Å². The van der Waals surface area contributed by atoms with Crippen molar-refractivity contribution < 1.29 is 4.79 Å². The second-order valence-electron chi connectivity index (χ2n) is 3.61. The van der Waals surface area contributed by atoms with Crippen molar-refractivity contribution in [1.29, 1.82) is 0 Å². The zero-order valence-electron chi connectivity index (χ0n) is 9.22. The minimum atomic E-state index is 0.574. The number of hydrogen-bond donors (Lipinski definition) is 0. The van der Waals surface area contributed by atoms with Gasteiger partial charge in [-0.15, -0.1) is 0 Å². The van der Waals surface area contributed by atoms with Gasteiger partial charge in [-0.2, -0.15) is 10.1 Å². The molecule has 0 aliphatic carbocycles. The van der Waals surface area contributed by atoms with E-state index in [-0.39, 0.29) is 0 Å². The molecule has 5 heteroatoms. The Morgan fingerprint density at radius 3 is 2.76 bits per heavy atom. The Kier molecular flexibility index (Phi) is 3.52. The molecule has 1 aromatic heterocycles. The lowest BCUT2D eigenvalue weighted by Crippen LogP contribution is -1.99. The number of aromatic nitrogens is 2. The van der Waals surface area contributed by atoms with E-state index >= 15 is 0 Å². The standard InChI is InChI=1S/C12H10BrN3O/c1-16-12(11(7-15-16)14-8-17)6-9-2-4-10(13)5-3-9/h2-5,7H,6H2,1H3. The molecule has 0 unspecified atom stereocenters. The Hall–Kier alpha value is -1.71. The molecule has 17 heavy (non-hydrogen) atoms. The smallest absolute Gasteiger partial charge is 0.240 e. The van der Waals surface area contributed by atoms with Crippen molar-refractivity contribution in [3.05, 3.63) is 46.2 Å². The number of isocyanates is 1. The van der Waals surface area contributed by atoms with Gasteiger partial charge in [0.1, 0.15) is 5.69 Å². The lowest BCUT2D eigenvalue weighted by Gasteiger charge is -2.03. The van der Waals surface area contributed by atoms with Crippen LogP contribution >= 0.6 is 15.9 Å². The lowest BCUT2D eigenvalue weighted by molar-refractivity contribution is 0.565. The molecule has 0 amide bonds. The largest absolute Gasteiger partial charge is 0.270 e. The maximum absolute atomic E-state index is 10.3. The molecular weight excluding hydrogens is 282 g/mol. The van der Waals surface area contributed by atoms with Crippen LogP contribution in [0.25, 0.3) is 0 Å². The van der Waals surface area contributed by atoms with Crippen LogP contribution in [0.15, 0.2) is 39.9 Å². The number of aryl methyl sites for hydroxylation is 1. The molecule has 0 bridgehead atoms. The fourth-order valence-corrected chi connectivity index (χ4v) is 1.86. The summed E-state index contributed by atoms with van der Waals surface area (Å²) in [6.45, 7) is 0. The third-order valence-corrected chi connectivity index (χ3v) is 3.02. The van der Waals surface area contributed by atoms with E-state index in [1.165, 1.54) is 0 Å². The number of rotatable bonds is 3. The van der Waals surface area contributed by atoms with E-state index in [2.05, 4.69) is 26.0 Å². The van der Waals surface area contributed by atoms with Gasteiger partial charge in [0.2, 0.25) is 6.08 Å². The second kappa shape index (κ2) is 5.08. The number of nitrogens with zero attached hydrogens (tertiary/aromatic N) is 3. The molecule has 86 valence electrons. The first kappa shape index (κ1) is 11.8. The predicted molar refractivity (Wildman–Crippen MR) is 67.9 cm³/mol. The Bertz CT molecular complexity index is 568. The Morgan fingerprint density at radius 2 is 2.12 bits per heavy atom. The number of hydrogen-bond acceptors (Lipinski definition) is 3. The summed E-state index contributed by atoms with van der Waals surface area (Å²) in [4.78, 5) is 13.9. The van der Waals surface area contributed by atoms with Crippen molar-refractivity contribution in [2.24, 2.45) is 12.0 Å². The van der Waals surface area contributed by atoms with E-state index < -0.39 is 0 Å². The van der Waals surface area contributed by atoms with Gasteiger partial charge in [0.05, 0.1) is 11.9 Å². The molecule has 0 fully saturated rings. The first-order valence-electron chi connectivity index (χ1n) is 5.04. The third-order valence-electron chi connectivity index (χ3n) is 2.49. The molecule has 2 rings (SSSR count). The first-order chi connectivity index (χ1) is 8.20. The molecule has 0 radical (unpaired) electrons. The minimum absolute atomic E-state index is 0.574. The summed E-state index contributed by atoms with van der Waals surface area (Å²) >= 11 is 3.39. The fraction of sp³-hybridized carbons (Fsp3) is 0.167. The van der Waals surface area contributed by atoms with Gasteiger partial charge < -0.3 is 0 Å². The molecule has 4 nitrogen and oxygen atoms in total. The van der Waals surface area contributed by atoms with Crippen molar-refractivity contribution >= 4 is 27.7 Å². The van der Waals surface area contributed by atoms with Crippen LogP contribution in [0.1, 0.15) is 11.3 Å². The quantitative estimate of drug-likeness (QED) is 0.645. The van der Waals surface area contributed by atoms with Crippen LogP contribution in [0.3, 0.4) is 0 Å². The van der Waals surface area contributed by atoms with Crippen LogP contribution in [-0.4, -0.2) is 15.9 Å². The van der Waals surface area contributed by atoms with Gasteiger partial charge in [-0.3, -0.25) is 4.68 Å². The van der Waals surface area contributed by atoms with Crippen LogP contribution in [0.4, 0.5) is 5.69 Å². The predicted octanol–water partition coefficient (Wildman–Crippen LogP) is 2.74. The van der Waals surface area contributed by atoms with Crippen molar-refractivity contribution in [1.82, 2.24) is 9.78 Å². The normalized spacial score (nSPS) is 10.0. The first-order valence-corrected chi connectivity index (χ1v) is 5.83. The molecule has 0 saturated carbocycles. The van der Waals surface area contributed by atoms with Crippen molar-refractivity contribution in [3.8, 4) is 0 Å². The van der Waals surface area contributed by atoms with Gasteiger partial charge in [-0.25, -0.2) is 4.79 Å². The highest BCUT2D eigenvalue weighted by atomic mass is 79.9. The van der Waals surface area contributed by atoms with Gasteiger partial charge in [-0.05, 0) is 17.7 Å². The zero-order valence-corrected chi connectivity index (χ0v) is 10.8. The van der Waals surface area contributed by atoms with E-state index in [0.717, 1.165) is 15.7 Å². The number of aliphatic imine (C=N–C) groups is 1. The molecule has 0 N–H and O–H groups in total. The molecule has 0 saturated heterocycles. The fourth-order valence-electron chi connectivity index (χ4n) is 1.59. The average Bonchev–Trinajstić information content (AvgIpc) is 2.65. The van der Waals surface area contributed by atoms with Crippen molar-refractivity contribution in [2.45, 2.75) is 6.42 Å². The van der Waals surface area contributed by atoms with Gasteiger partial charge in [0.25, 0.3) is 0 Å². The SMILES string of the molecule is Cn1ncc(N=C=O)c1Cc1ccc(Br)cc1. The Labute approximate surface area is 107 Å². The summed E-state index contributed by atoms with van der Waals surface area (Å²) in [5.74, 6) is 0. The van der Waals surface area contributed by atoms with Crippen LogP contribution in [0.2, 0.25) is 0 Å². The molecule has 2 aromatic rings. The van der Waals surface area contributed by atoms with E-state index in [9.17, 15) is 4.79 Å². The lowest BCUT2D eigenvalue weighted by atomic mass is 10.1.